The smallest absolute Gasteiger partial charge is 0.263 e. The number of amides is 1. The number of nitrogens with zero attached hydrogens (tertiary/aromatic N) is 2. The van der Waals surface area contributed by atoms with Crippen LogP contribution in [-0.2, 0) is 32.7 Å². The highest BCUT2D eigenvalue weighted by Crippen LogP contribution is 2.44. The van der Waals surface area contributed by atoms with Gasteiger partial charge in [0, 0.05) is 5.56 Å². The van der Waals surface area contributed by atoms with Gasteiger partial charge in [0.2, 0.25) is 11.7 Å². The molecule has 1 aliphatic heterocycles. The number of anilines is 1. The van der Waals surface area contributed by atoms with Crippen molar-refractivity contribution >= 4 is 33.3 Å². The third-order valence-electron chi connectivity index (χ3n) is 9.30. The van der Waals surface area contributed by atoms with Crippen LogP contribution in [-0.4, -0.2) is 30.5 Å². The number of hydrogen-bond acceptors (Lipinski definition) is 6. The van der Waals surface area contributed by atoms with Crippen molar-refractivity contribution in [3.63, 3.8) is 0 Å². The summed E-state index contributed by atoms with van der Waals surface area (Å²) in [5.41, 5.74) is 7.14. The third-order valence-corrected chi connectivity index (χ3v) is 11.1. The Morgan fingerprint density at radius 3 is 2.60 bits per heavy atom. The lowest BCUT2D eigenvalue weighted by Crippen LogP contribution is -2.42. The highest BCUT2D eigenvalue weighted by atomic mass is 35.5. The molecule has 2 aromatic carbocycles. The number of unbranched alkanes of at least 4 members (excludes halogenated alkanes) is 1. The molecule has 0 saturated heterocycles. The zero-order chi connectivity index (χ0) is 31.6. The fraction of sp³-hybridized carbons (Fsp3) is 0.457. The average Bonchev–Trinajstić information content (AvgIpc) is 3.61. The maximum atomic E-state index is 14.0. The fourth-order valence-corrected chi connectivity index (χ4v) is 7.82. The molecule has 45 heavy (non-hydrogen) atoms. The zero-order valence-corrected chi connectivity index (χ0v) is 27.5. The summed E-state index contributed by atoms with van der Waals surface area (Å²) >= 11 is 6.22. The second-order valence-electron chi connectivity index (χ2n) is 12.5. The number of rotatable bonds is 12. The first kappa shape index (κ1) is 31.6. The summed E-state index contributed by atoms with van der Waals surface area (Å²) in [5, 5.41) is 3.89. The number of nitrogens with one attached hydrogen (secondary N) is 1. The molecule has 10 heteroatoms. The Bertz CT molecular complexity index is 1750. The number of aromatic nitrogens is 1. The van der Waals surface area contributed by atoms with Crippen molar-refractivity contribution in [2.75, 3.05) is 4.72 Å². The standard InChI is InChI=1S/C35H40ClN3O5S/c1-3-4-10-27-17-20-35(18-7-8-19-35)34(40)39(27)22-25-15-16-29(26(21-25)23-43-28-11-9-12-28)30-13-5-6-14-31(30)45(41,42)38-33-32(36)24(2)44-37-33/h5-6,13-16,20-21,28H,3-4,7-12,18-19,22-23H2,1-2H3,(H,37,38). The van der Waals surface area contributed by atoms with E-state index in [0.717, 1.165) is 86.6 Å². The molecule has 8 nitrogen and oxygen atoms in total. The lowest BCUT2D eigenvalue weighted by molar-refractivity contribution is -0.138. The topological polar surface area (TPSA) is 102 Å². The lowest BCUT2D eigenvalue weighted by atomic mass is 9.82. The minimum atomic E-state index is -4.08. The van der Waals surface area contributed by atoms with Crippen molar-refractivity contribution in [1.29, 1.82) is 0 Å². The van der Waals surface area contributed by atoms with E-state index in [9.17, 15) is 13.2 Å². The molecule has 0 atom stereocenters. The summed E-state index contributed by atoms with van der Waals surface area (Å²) in [6, 6.07) is 12.9. The van der Waals surface area contributed by atoms with Gasteiger partial charge in [0.05, 0.1) is 35.3 Å². The molecule has 2 heterocycles. The first-order chi connectivity index (χ1) is 21.7. The Balaban J connectivity index is 1.35. The number of benzene rings is 2. The summed E-state index contributed by atoms with van der Waals surface area (Å²) in [6.45, 7) is 4.53. The minimum Gasteiger partial charge on any atom is -0.374 e. The van der Waals surface area contributed by atoms with Crippen LogP contribution in [0, 0.1) is 12.3 Å². The van der Waals surface area contributed by atoms with E-state index in [1.165, 1.54) is 0 Å². The largest absolute Gasteiger partial charge is 0.374 e. The maximum absolute atomic E-state index is 14.0. The predicted molar refractivity (Wildman–Crippen MR) is 174 cm³/mol. The van der Waals surface area contributed by atoms with Gasteiger partial charge in [0.25, 0.3) is 10.0 Å². The Morgan fingerprint density at radius 2 is 1.91 bits per heavy atom. The Kier molecular flexibility index (Phi) is 9.25. The second kappa shape index (κ2) is 13.2. The number of aryl methyl sites for hydroxylation is 1. The number of carbonyl (C=O) groups is 1. The van der Waals surface area contributed by atoms with Crippen molar-refractivity contribution in [3.8, 4) is 11.1 Å². The van der Waals surface area contributed by atoms with Crippen LogP contribution in [0.4, 0.5) is 5.82 Å². The first-order valence-corrected chi connectivity index (χ1v) is 17.8. The molecule has 0 radical (unpaired) electrons. The van der Waals surface area contributed by atoms with E-state index >= 15 is 0 Å². The van der Waals surface area contributed by atoms with E-state index in [2.05, 4.69) is 28.6 Å². The molecule has 1 N–H and O–H groups in total. The van der Waals surface area contributed by atoms with Crippen molar-refractivity contribution in [1.82, 2.24) is 10.1 Å². The summed E-state index contributed by atoms with van der Waals surface area (Å²) in [7, 11) is -4.08. The van der Waals surface area contributed by atoms with Gasteiger partial charge in [-0.2, -0.15) is 0 Å². The van der Waals surface area contributed by atoms with E-state index < -0.39 is 15.4 Å². The molecule has 1 aromatic heterocycles. The molecule has 1 amide bonds. The van der Waals surface area contributed by atoms with Crippen molar-refractivity contribution in [3.05, 3.63) is 81.9 Å². The van der Waals surface area contributed by atoms with E-state index in [1.807, 2.05) is 29.2 Å². The van der Waals surface area contributed by atoms with Crippen LogP contribution in [0.1, 0.15) is 88.0 Å². The zero-order valence-electron chi connectivity index (χ0n) is 25.9. The van der Waals surface area contributed by atoms with Crippen molar-refractivity contribution < 1.29 is 22.5 Å². The van der Waals surface area contributed by atoms with Crippen LogP contribution in [0.5, 0.6) is 0 Å². The number of halogens is 1. The van der Waals surface area contributed by atoms with Crippen molar-refractivity contribution in [2.24, 2.45) is 5.41 Å². The lowest BCUT2D eigenvalue weighted by Gasteiger charge is -2.36. The molecular weight excluding hydrogens is 610 g/mol. The van der Waals surface area contributed by atoms with Gasteiger partial charge in [-0.05, 0) is 80.7 Å². The summed E-state index contributed by atoms with van der Waals surface area (Å²) in [6.07, 6.45) is 12.1. The van der Waals surface area contributed by atoms with Crippen LogP contribution in [0.25, 0.3) is 11.1 Å². The molecule has 2 saturated carbocycles. The van der Waals surface area contributed by atoms with Gasteiger partial charge in [-0.25, -0.2) is 8.42 Å². The monoisotopic (exact) mass is 649 g/mol. The first-order valence-electron chi connectivity index (χ1n) is 16.0. The molecule has 3 aromatic rings. The minimum absolute atomic E-state index is 0.0555. The summed E-state index contributed by atoms with van der Waals surface area (Å²) in [4.78, 5) is 16.0. The average molecular weight is 650 g/mol. The van der Waals surface area contributed by atoms with Gasteiger partial charge in [-0.15, -0.1) is 5.73 Å². The molecule has 0 unspecified atom stereocenters. The second-order valence-corrected chi connectivity index (χ2v) is 14.5. The molecule has 238 valence electrons. The molecule has 0 bridgehead atoms. The van der Waals surface area contributed by atoms with E-state index in [-0.39, 0.29) is 27.7 Å². The summed E-state index contributed by atoms with van der Waals surface area (Å²) in [5.74, 6) is 0.438. The quantitative estimate of drug-likeness (QED) is 0.198. The van der Waals surface area contributed by atoms with E-state index in [0.29, 0.717) is 24.5 Å². The van der Waals surface area contributed by atoms with Gasteiger partial charge >= 0.3 is 0 Å². The molecule has 2 aliphatic carbocycles. The van der Waals surface area contributed by atoms with Gasteiger partial charge < -0.3 is 14.2 Å². The number of ether oxygens (including phenoxy) is 1. The normalized spacial score (nSPS) is 18.0. The Morgan fingerprint density at radius 1 is 1.13 bits per heavy atom. The van der Waals surface area contributed by atoms with E-state index in [4.69, 9.17) is 20.9 Å². The van der Waals surface area contributed by atoms with Gasteiger partial charge in [0.1, 0.15) is 5.02 Å². The van der Waals surface area contributed by atoms with Crippen molar-refractivity contribution in [2.45, 2.75) is 102 Å². The SMILES string of the molecule is CCCCC1=C=CC2(CCCC2)C(=O)N1Cc1ccc(-c2ccccc2S(=O)(=O)Nc2noc(C)c2Cl)c(COC2CCC2)c1. The predicted octanol–water partition coefficient (Wildman–Crippen LogP) is 8.31. The molecule has 2 fully saturated rings. The summed E-state index contributed by atoms with van der Waals surface area (Å²) < 4.78 is 41.1. The van der Waals surface area contributed by atoms with E-state index in [1.54, 1.807) is 25.1 Å². The number of hydrogen-bond donors (Lipinski definition) is 1. The van der Waals surface area contributed by atoms with Crippen LogP contribution in [0.3, 0.4) is 0 Å². The van der Waals surface area contributed by atoms with Crippen LogP contribution in [0.15, 0.2) is 69.4 Å². The number of carbonyl (C=O) groups excluding carboxylic acids is 1. The highest BCUT2D eigenvalue weighted by Gasteiger charge is 2.44. The van der Waals surface area contributed by atoms with Gasteiger partial charge in [-0.1, -0.05) is 79.3 Å². The fourth-order valence-electron chi connectivity index (χ4n) is 6.42. The number of sulfonamides is 1. The van der Waals surface area contributed by atoms with Gasteiger partial charge in [0.15, 0.2) is 5.76 Å². The maximum Gasteiger partial charge on any atom is 0.263 e. The third kappa shape index (κ3) is 6.50. The van der Waals surface area contributed by atoms with Crippen LogP contribution < -0.4 is 4.72 Å². The van der Waals surface area contributed by atoms with Gasteiger partial charge in [-0.3, -0.25) is 9.52 Å². The van der Waals surface area contributed by atoms with Crippen LogP contribution >= 0.6 is 11.6 Å². The van der Waals surface area contributed by atoms with Crippen LogP contribution in [0.2, 0.25) is 5.02 Å². The molecule has 1 spiro atoms. The Labute approximate surface area is 270 Å². The Hall–Kier alpha value is -3.36. The molecule has 6 rings (SSSR count). The highest BCUT2D eigenvalue weighted by molar-refractivity contribution is 7.92. The molecule has 3 aliphatic rings. The molecular formula is C35H40ClN3O5S.